The molecule has 0 atom stereocenters. The summed E-state index contributed by atoms with van der Waals surface area (Å²) in [5, 5.41) is 15.3. The topological polar surface area (TPSA) is 0 Å². The molecule has 0 saturated heterocycles. The van der Waals surface area contributed by atoms with Gasteiger partial charge in [-0.1, -0.05) is 249 Å². The summed E-state index contributed by atoms with van der Waals surface area (Å²) in [6.07, 6.45) is 0. The number of benzene rings is 15. The molecule has 0 spiro atoms. The van der Waals surface area contributed by atoms with Crippen LogP contribution in [-0.2, 0) is 0 Å². The second-order valence-corrected chi connectivity index (χ2v) is 20.8. The van der Waals surface area contributed by atoms with Crippen LogP contribution in [0.25, 0.3) is 154 Å². The van der Waals surface area contributed by atoms with Gasteiger partial charge in [0.1, 0.15) is 0 Å². The minimum atomic E-state index is 1.18. The van der Waals surface area contributed by atoms with Crippen LogP contribution < -0.4 is 0 Å². The molecule has 0 bridgehead atoms. The quantitative estimate of drug-likeness (QED) is 0.133. The molecule has 78 heavy (non-hydrogen) atoms. The Bertz CT molecular complexity index is 4800. The lowest BCUT2D eigenvalue weighted by atomic mass is 9.89. The molecule has 0 radical (unpaired) electrons. The monoisotopic (exact) mass is 986 g/mol. The van der Waals surface area contributed by atoms with Gasteiger partial charge >= 0.3 is 0 Å². The molecule has 0 aliphatic rings. The van der Waals surface area contributed by atoms with Gasteiger partial charge in [0, 0.05) is 0 Å². The number of hydrogen-bond donors (Lipinski definition) is 0. The van der Waals surface area contributed by atoms with Crippen LogP contribution in [0.2, 0.25) is 0 Å². The van der Waals surface area contributed by atoms with Crippen LogP contribution >= 0.6 is 0 Å². The maximum atomic E-state index is 2.40. The fourth-order valence-electron chi connectivity index (χ4n) is 12.3. The van der Waals surface area contributed by atoms with E-state index >= 15 is 0 Å². The molecule has 0 N–H and O–H groups in total. The van der Waals surface area contributed by atoms with Crippen molar-refractivity contribution in [2.45, 2.75) is 0 Å². The average Bonchev–Trinajstić information content (AvgIpc) is 3.72. The van der Waals surface area contributed by atoms with Crippen LogP contribution in [-0.4, -0.2) is 0 Å². The van der Waals surface area contributed by atoms with E-state index in [1.807, 2.05) is 0 Å². The maximum absolute atomic E-state index is 2.40. The Balaban J connectivity index is 0.775. The molecule has 15 rings (SSSR count). The number of rotatable bonds is 8. The van der Waals surface area contributed by atoms with E-state index < -0.39 is 0 Å². The van der Waals surface area contributed by atoms with Gasteiger partial charge in [0.15, 0.2) is 0 Å². The summed E-state index contributed by atoms with van der Waals surface area (Å²) in [6, 6.07) is 112. The smallest absolute Gasteiger partial charge is 0.00928 e. The first-order valence-electron chi connectivity index (χ1n) is 27.0. The summed E-state index contributed by atoms with van der Waals surface area (Å²) in [5.74, 6) is 0. The van der Waals surface area contributed by atoms with Gasteiger partial charge in [-0.25, -0.2) is 0 Å². The van der Waals surface area contributed by atoms with Crippen LogP contribution in [0.4, 0.5) is 0 Å². The highest BCUT2D eigenvalue weighted by atomic mass is 14.2. The molecule has 0 fully saturated rings. The van der Waals surface area contributed by atoms with Crippen LogP contribution in [0.3, 0.4) is 0 Å². The Morgan fingerprint density at radius 1 is 0.0897 bits per heavy atom. The molecule has 0 heteroatoms. The van der Waals surface area contributed by atoms with Crippen LogP contribution in [0.5, 0.6) is 0 Å². The molecule has 0 unspecified atom stereocenters. The fraction of sp³-hybridized carbons (Fsp3) is 0. The molecule has 0 nitrogen and oxygen atoms in total. The Hall–Kier alpha value is -10.1. The number of hydrogen-bond acceptors (Lipinski definition) is 0. The summed E-state index contributed by atoms with van der Waals surface area (Å²) >= 11 is 0. The van der Waals surface area contributed by atoms with Gasteiger partial charge in [-0.3, -0.25) is 0 Å². The van der Waals surface area contributed by atoms with Gasteiger partial charge in [-0.15, -0.1) is 0 Å². The Morgan fingerprint density at radius 2 is 0.269 bits per heavy atom. The van der Waals surface area contributed by atoms with Gasteiger partial charge in [-0.2, -0.15) is 0 Å². The van der Waals surface area contributed by atoms with Gasteiger partial charge in [0.05, 0.1) is 0 Å². The van der Waals surface area contributed by atoms with Crippen molar-refractivity contribution in [3.05, 3.63) is 303 Å². The molecule has 0 aromatic heterocycles. The molecule has 0 amide bonds. The maximum Gasteiger partial charge on any atom is -0.00928 e. The largest absolute Gasteiger partial charge is 0.0622 e. The predicted octanol–water partition coefficient (Wildman–Crippen LogP) is 21.9. The van der Waals surface area contributed by atoms with Crippen molar-refractivity contribution in [2.75, 3.05) is 0 Å². The highest BCUT2D eigenvalue weighted by molar-refractivity contribution is 6.27. The molecular weight excluding hydrogens is 937 g/mol. The summed E-state index contributed by atoms with van der Waals surface area (Å²) in [5.41, 5.74) is 19.2. The summed E-state index contributed by atoms with van der Waals surface area (Å²) in [6.45, 7) is 0. The average molecular weight is 987 g/mol. The zero-order chi connectivity index (χ0) is 51.5. The SMILES string of the molecule is c1ccc(-c2cc(-c3ccc(-c4cccc(-c5ccc6c7cc(-c8ccccc8)ccc7c7ccccc7c6c5)c4)cc3)cc(-c3cccc(-c4ccc5c6cc(-c7ccccc7)ccc6c6ccccc6c5c4)c3)c2)cc1. The second-order valence-electron chi connectivity index (χ2n) is 20.8. The minimum absolute atomic E-state index is 1.18. The van der Waals surface area contributed by atoms with Crippen molar-refractivity contribution in [1.29, 1.82) is 0 Å². The van der Waals surface area contributed by atoms with Crippen LogP contribution in [0.1, 0.15) is 0 Å². The van der Waals surface area contributed by atoms with Crippen molar-refractivity contribution in [2.24, 2.45) is 0 Å². The zero-order valence-electron chi connectivity index (χ0n) is 42.9. The van der Waals surface area contributed by atoms with Crippen molar-refractivity contribution in [1.82, 2.24) is 0 Å². The third-order valence-electron chi connectivity index (χ3n) is 16.2. The lowest BCUT2D eigenvalue weighted by molar-refractivity contribution is 1.55. The molecule has 15 aromatic carbocycles. The van der Waals surface area contributed by atoms with E-state index in [-0.39, 0.29) is 0 Å². The fourth-order valence-corrected chi connectivity index (χ4v) is 12.3. The summed E-state index contributed by atoms with van der Waals surface area (Å²) < 4.78 is 0. The molecule has 0 saturated carbocycles. The van der Waals surface area contributed by atoms with E-state index in [0.717, 1.165) is 0 Å². The van der Waals surface area contributed by atoms with Crippen molar-refractivity contribution in [3.8, 4) is 89.0 Å². The molecule has 362 valence electrons. The lowest BCUT2D eigenvalue weighted by Gasteiger charge is -2.15. The van der Waals surface area contributed by atoms with E-state index in [9.17, 15) is 0 Å². The van der Waals surface area contributed by atoms with Gasteiger partial charge in [0.2, 0.25) is 0 Å². The Morgan fingerprint density at radius 3 is 0.641 bits per heavy atom. The molecule has 15 aromatic rings. The van der Waals surface area contributed by atoms with Crippen molar-refractivity contribution in [3.63, 3.8) is 0 Å². The first-order chi connectivity index (χ1) is 38.6. The van der Waals surface area contributed by atoms with E-state index in [4.69, 9.17) is 0 Å². The van der Waals surface area contributed by atoms with Gasteiger partial charge < -0.3 is 0 Å². The summed E-state index contributed by atoms with van der Waals surface area (Å²) in [4.78, 5) is 0. The Labute approximate surface area is 454 Å². The third-order valence-corrected chi connectivity index (χ3v) is 16.2. The highest BCUT2D eigenvalue weighted by Crippen LogP contribution is 2.43. The zero-order valence-corrected chi connectivity index (χ0v) is 42.9. The third kappa shape index (κ3) is 8.02. The first kappa shape index (κ1) is 45.3. The number of fused-ring (bicyclic) bond motifs is 12. The predicted molar refractivity (Wildman–Crippen MR) is 335 cm³/mol. The minimum Gasteiger partial charge on any atom is -0.0622 e. The first-order valence-corrected chi connectivity index (χ1v) is 27.0. The standard InChI is InChI=1S/C78H50/c1-4-16-51(17-5-1)60-34-38-71-67-26-10-12-28-69(67)75-49-62(36-40-73(75)77(71)47-60)57-23-14-22-56(42-57)54-30-32-55(33-31-54)65-44-64(53-20-8-3-9-21-53)45-66(46-65)59-25-15-24-58(43-59)63-37-41-74-76(50-63)70-29-13-11-27-68(70)72-39-35-61(48-78(72)74)52-18-6-2-7-19-52/h1-50H. The lowest BCUT2D eigenvalue weighted by Crippen LogP contribution is -1.88. The molecular formula is C78H50. The van der Waals surface area contributed by atoms with Gasteiger partial charge in [0.25, 0.3) is 0 Å². The molecule has 0 heterocycles. The van der Waals surface area contributed by atoms with Gasteiger partial charge in [-0.05, 0) is 208 Å². The second kappa shape index (κ2) is 18.9. The molecule has 0 aliphatic carbocycles. The van der Waals surface area contributed by atoms with Crippen LogP contribution in [0, 0.1) is 0 Å². The normalized spacial score (nSPS) is 11.6. The Kier molecular flexibility index (Phi) is 11.0. The van der Waals surface area contributed by atoms with E-state index in [2.05, 4.69) is 303 Å². The van der Waals surface area contributed by atoms with E-state index in [1.54, 1.807) is 0 Å². The van der Waals surface area contributed by atoms with Crippen LogP contribution in [0.15, 0.2) is 303 Å². The summed E-state index contributed by atoms with van der Waals surface area (Å²) in [7, 11) is 0. The van der Waals surface area contributed by atoms with E-state index in [0.29, 0.717) is 0 Å². The molecule has 0 aliphatic heterocycles. The van der Waals surface area contributed by atoms with E-state index in [1.165, 1.54) is 154 Å². The highest BCUT2D eigenvalue weighted by Gasteiger charge is 2.16. The van der Waals surface area contributed by atoms with Crippen molar-refractivity contribution < 1.29 is 0 Å². The van der Waals surface area contributed by atoms with Crippen molar-refractivity contribution >= 4 is 64.6 Å².